The molecule has 0 saturated carbocycles. The molecule has 0 aliphatic rings. The van der Waals surface area contributed by atoms with Crippen LogP contribution in [0.1, 0.15) is 111 Å². The number of hydrogen-bond acceptors (Lipinski definition) is 1. The minimum Gasteiger partial charge on any atom is -0.356 e. The molecule has 0 aromatic carbocycles. The first-order valence-electron chi connectivity index (χ1n) is 9.78. The highest BCUT2D eigenvalue weighted by atomic mass is 16.1. The second-order valence-electron chi connectivity index (χ2n) is 7.55. The van der Waals surface area contributed by atoms with E-state index in [1.165, 1.54) is 57.8 Å². The Bertz CT molecular complexity index is 260. The van der Waals surface area contributed by atoms with Crippen molar-refractivity contribution in [3.8, 4) is 0 Å². The van der Waals surface area contributed by atoms with Crippen molar-refractivity contribution in [2.75, 3.05) is 6.54 Å². The van der Waals surface area contributed by atoms with E-state index in [0.717, 1.165) is 25.8 Å². The first kappa shape index (κ1) is 21.5. The van der Waals surface area contributed by atoms with Gasteiger partial charge in [-0.3, -0.25) is 4.79 Å². The molecule has 0 fully saturated rings. The fourth-order valence-corrected chi connectivity index (χ4v) is 2.56. The van der Waals surface area contributed by atoms with Crippen molar-refractivity contribution >= 4 is 5.91 Å². The van der Waals surface area contributed by atoms with E-state index in [0.29, 0.717) is 11.8 Å². The molecule has 0 radical (unpaired) electrons. The molecule has 1 amide bonds. The van der Waals surface area contributed by atoms with Gasteiger partial charge in [0.1, 0.15) is 0 Å². The summed E-state index contributed by atoms with van der Waals surface area (Å²) in [5.74, 6) is 0.234. The Morgan fingerprint density at radius 1 is 0.818 bits per heavy atom. The third-order valence-electron chi connectivity index (χ3n) is 4.84. The molecule has 2 nitrogen and oxygen atoms in total. The predicted octanol–water partition coefficient (Wildman–Crippen LogP) is 6.24. The number of amides is 1. The van der Waals surface area contributed by atoms with Crippen LogP contribution in [0.4, 0.5) is 0 Å². The molecule has 0 unspecified atom stereocenters. The summed E-state index contributed by atoms with van der Waals surface area (Å²) in [6, 6.07) is 0. The summed E-state index contributed by atoms with van der Waals surface area (Å²) in [6.07, 6.45) is 16.3. The van der Waals surface area contributed by atoms with E-state index in [-0.39, 0.29) is 5.91 Å². The van der Waals surface area contributed by atoms with E-state index in [4.69, 9.17) is 0 Å². The Morgan fingerprint density at radius 3 is 1.82 bits per heavy atom. The van der Waals surface area contributed by atoms with Crippen molar-refractivity contribution < 1.29 is 4.79 Å². The van der Waals surface area contributed by atoms with Gasteiger partial charge in [0.25, 0.3) is 0 Å². The van der Waals surface area contributed by atoms with Gasteiger partial charge in [-0.15, -0.1) is 0 Å². The van der Waals surface area contributed by atoms with Gasteiger partial charge in [0, 0.05) is 13.0 Å². The third kappa shape index (κ3) is 14.4. The summed E-state index contributed by atoms with van der Waals surface area (Å²) < 4.78 is 0. The van der Waals surface area contributed by atoms with Crippen molar-refractivity contribution in [2.45, 2.75) is 111 Å². The van der Waals surface area contributed by atoms with E-state index in [1.807, 2.05) is 0 Å². The van der Waals surface area contributed by atoms with Gasteiger partial charge in [-0.1, -0.05) is 91.9 Å². The van der Waals surface area contributed by atoms with Crippen LogP contribution < -0.4 is 5.32 Å². The van der Waals surface area contributed by atoms with E-state index >= 15 is 0 Å². The fraction of sp³-hybridized carbons (Fsp3) is 0.950. The predicted molar refractivity (Wildman–Crippen MR) is 98.2 cm³/mol. The van der Waals surface area contributed by atoms with Crippen molar-refractivity contribution in [3.63, 3.8) is 0 Å². The van der Waals surface area contributed by atoms with Crippen LogP contribution in [-0.2, 0) is 4.79 Å². The van der Waals surface area contributed by atoms with Gasteiger partial charge in [0.2, 0.25) is 5.91 Å². The van der Waals surface area contributed by atoms with Gasteiger partial charge in [0.15, 0.2) is 0 Å². The topological polar surface area (TPSA) is 29.1 Å². The molecule has 0 aliphatic carbocycles. The Kier molecular flexibility index (Phi) is 13.7. The molecule has 0 rings (SSSR count). The number of hydrogen-bond donors (Lipinski definition) is 1. The third-order valence-corrected chi connectivity index (χ3v) is 4.84. The standard InChI is InChI=1S/C20H41NO/c1-5-7-8-9-10-11-12-13-14-15-18-21-19(22)16-17-20(3,4)6-2/h5-18H2,1-4H3,(H,21,22). The highest BCUT2D eigenvalue weighted by molar-refractivity contribution is 5.75. The highest BCUT2D eigenvalue weighted by Gasteiger charge is 2.16. The molecule has 22 heavy (non-hydrogen) atoms. The van der Waals surface area contributed by atoms with Crippen LogP contribution >= 0.6 is 0 Å². The number of rotatable bonds is 15. The summed E-state index contributed by atoms with van der Waals surface area (Å²) in [4.78, 5) is 11.8. The summed E-state index contributed by atoms with van der Waals surface area (Å²) in [5.41, 5.74) is 0.300. The molecule has 0 aromatic rings. The van der Waals surface area contributed by atoms with Gasteiger partial charge < -0.3 is 5.32 Å². The Balaban J connectivity index is 3.27. The zero-order valence-electron chi connectivity index (χ0n) is 15.8. The molecule has 0 aromatic heterocycles. The molecule has 1 N–H and O–H groups in total. The smallest absolute Gasteiger partial charge is 0.220 e. The Labute approximate surface area is 139 Å². The molecule has 2 heteroatoms. The second kappa shape index (κ2) is 14.1. The minimum atomic E-state index is 0.234. The van der Waals surface area contributed by atoms with E-state index in [2.05, 4.69) is 33.0 Å². The average molecular weight is 312 g/mol. The zero-order chi connectivity index (χ0) is 16.7. The van der Waals surface area contributed by atoms with Crippen LogP contribution in [0.2, 0.25) is 0 Å². The number of nitrogens with one attached hydrogen (secondary N) is 1. The lowest BCUT2D eigenvalue weighted by Crippen LogP contribution is -2.25. The highest BCUT2D eigenvalue weighted by Crippen LogP contribution is 2.25. The Hall–Kier alpha value is -0.530. The lowest BCUT2D eigenvalue weighted by molar-refractivity contribution is -0.121. The van der Waals surface area contributed by atoms with Crippen molar-refractivity contribution in [1.82, 2.24) is 5.32 Å². The Morgan fingerprint density at radius 2 is 1.32 bits per heavy atom. The van der Waals surface area contributed by atoms with Crippen LogP contribution in [0.15, 0.2) is 0 Å². The molecular weight excluding hydrogens is 270 g/mol. The normalized spacial score (nSPS) is 11.6. The summed E-state index contributed by atoms with van der Waals surface area (Å²) in [7, 11) is 0. The first-order chi connectivity index (χ1) is 10.5. The van der Waals surface area contributed by atoms with E-state index < -0.39 is 0 Å². The molecule has 0 saturated heterocycles. The summed E-state index contributed by atoms with van der Waals surface area (Å²) in [6.45, 7) is 9.80. The van der Waals surface area contributed by atoms with Gasteiger partial charge in [-0.2, -0.15) is 0 Å². The summed E-state index contributed by atoms with van der Waals surface area (Å²) >= 11 is 0. The number of carbonyl (C=O) groups excluding carboxylic acids is 1. The van der Waals surface area contributed by atoms with Crippen molar-refractivity contribution in [2.24, 2.45) is 5.41 Å². The number of carbonyl (C=O) groups is 1. The van der Waals surface area contributed by atoms with E-state index in [9.17, 15) is 4.79 Å². The van der Waals surface area contributed by atoms with Gasteiger partial charge in [0.05, 0.1) is 0 Å². The average Bonchev–Trinajstić information content (AvgIpc) is 2.50. The van der Waals surface area contributed by atoms with Crippen molar-refractivity contribution in [3.05, 3.63) is 0 Å². The van der Waals surface area contributed by atoms with Crippen molar-refractivity contribution in [1.29, 1.82) is 0 Å². The second-order valence-corrected chi connectivity index (χ2v) is 7.55. The van der Waals surface area contributed by atoms with Crippen LogP contribution in [0, 0.1) is 5.41 Å². The lowest BCUT2D eigenvalue weighted by atomic mass is 9.85. The quantitative estimate of drug-likeness (QED) is 0.356. The molecule has 0 bridgehead atoms. The number of unbranched alkanes of at least 4 members (excludes halogenated alkanes) is 9. The van der Waals surface area contributed by atoms with Gasteiger partial charge in [-0.25, -0.2) is 0 Å². The largest absolute Gasteiger partial charge is 0.356 e. The molecule has 0 spiro atoms. The maximum Gasteiger partial charge on any atom is 0.220 e. The summed E-state index contributed by atoms with van der Waals surface area (Å²) in [5, 5.41) is 3.07. The molecule has 0 atom stereocenters. The molecule has 0 aliphatic heterocycles. The molecule has 132 valence electrons. The SMILES string of the molecule is CCCCCCCCCCCCNC(=O)CCC(C)(C)CC. The van der Waals surface area contributed by atoms with Gasteiger partial charge in [-0.05, 0) is 18.3 Å². The van der Waals surface area contributed by atoms with Crippen LogP contribution in [-0.4, -0.2) is 12.5 Å². The fourth-order valence-electron chi connectivity index (χ4n) is 2.56. The van der Waals surface area contributed by atoms with Crippen LogP contribution in [0.25, 0.3) is 0 Å². The maximum absolute atomic E-state index is 11.8. The van der Waals surface area contributed by atoms with E-state index in [1.54, 1.807) is 0 Å². The van der Waals surface area contributed by atoms with Crippen LogP contribution in [0.5, 0.6) is 0 Å². The molecular formula is C20H41NO. The van der Waals surface area contributed by atoms with Crippen LogP contribution in [0.3, 0.4) is 0 Å². The zero-order valence-corrected chi connectivity index (χ0v) is 15.8. The molecule has 0 heterocycles. The maximum atomic E-state index is 11.8. The minimum absolute atomic E-state index is 0.234. The lowest BCUT2D eigenvalue weighted by Gasteiger charge is -2.21. The van der Waals surface area contributed by atoms with Gasteiger partial charge >= 0.3 is 0 Å². The first-order valence-corrected chi connectivity index (χ1v) is 9.78. The monoisotopic (exact) mass is 311 g/mol.